The molecular weight excluding hydrogens is 276 g/mol. The fraction of sp³-hybridized carbons (Fsp3) is 0.667. The Labute approximate surface area is 133 Å². The third-order valence-corrected chi connectivity index (χ3v) is 4.14. The SMILES string of the molecule is CC1(C)CC(=O)C=C(NCCNC2=CC(=O)CC(C)(C)C2)C1. The predicted octanol–water partition coefficient (Wildman–Crippen LogP) is 2.71. The van der Waals surface area contributed by atoms with Crippen molar-refractivity contribution >= 4 is 11.6 Å². The highest BCUT2D eigenvalue weighted by Gasteiger charge is 2.28. The van der Waals surface area contributed by atoms with E-state index in [0.717, 1.165) is 37.3 Å². The molecule has 0 fully saturated rings. The van der Waals surface area contributed by atoms with E-state index in [9.17, 15) is 9.59 Å². The quantitative estimate of drug-likeness (QED) is 0.767. The summed E-state index contributed by atoms with van der Waals surface area (Å²) in [7, 11) is 0. The monoisotopic (exact) mass is 304 g/mol. The second-order valence-electron chi connectivity index (χ2n) is 8.16. The summed E-state index contributed by atoms with van der Waals surface area (Å²) in [5.74, 6) is 0.406. The second kappa shape index (κ2) is 6.27. The summed E-state index contributed by atoms with van der Waals surface area (Å²) >= 11 is 0. The maximum atomic E-state index is 11.7. The molecule has 0 aromatic heterocycles. The first-order valence-electron chi connectivity index (χ1n) is 8.10. The summed E-state index contributed by atoms with van der Waals surface area (Å²) in [6.07, 6.45) is 6.54. The van der Waals surface area contributed by atoms with Gasteiger partial charge in [0.1, 0.15) is 0 Å². The van der Waals surface area contributed by atoms with Crippen LogP contribution in [0.5, 0.6) is 0 Å². The smallest absolute Gasteiger partial charge is 0.157 e. The molecule has 2 aliphatic rings. The molecule has 2 N–H and O–H groups in total. The lowest BCUT2D eigenvalue weighted by Crippen LogP contribution is -2.34. The van der Waals surface area contributed by atoms with Gasteiger partial charge in [0.25, 0.3) is 0 Å². The Hall–Kier alpha value is -1.58. The molecule has 2 aliphatic carbocycles. The van der Waals surface area contributed by atoms with E-state index in [2.05, 4.69) is 38.3 Å². The average Bonchev–Trinajstić information content (AvgIpc) is 2.29. The van der Waals surface area contributed by atoms with Gasteiger partial charge in [0, 0.05) is 49.5 Å². The third kappa shape index (κ3) is 5.00. The molecule has 0 radical (unpaired) electrons. The Morgan fingerprint density at radius 1 is 0.773 bits per heavy atom. The van der Waals surface area contributed by atoms with Gasteiger partial charge in [-0.2, -0.15) is 0 Å². The van der Waals surface area contributed by atoms with Crippen molar-refractivity contribution < 1.29 is 9.59 Å². The Morgan fingerprint density at radius 2 is 1.14 bits per heavy atom. The van der Waals surface area contributed by atoms with Crippen LogP contribution in [0.25, 0.3) is 0 Å². The standard InChI is InChI=1S/C18H28N2O2/c1-17(2)9-13(7-15(21)11-17)19-5-6-20-14-8-16(22)12-18(3,4)10-14/h7-8,19-20H,5-6,9-12H2,1-4H3. The molecule has 0 saturated carbocycles. The van der Waals surface area contributed by atoms with Crippen molar-refractivity contribution in [2.45, 2.75) is 53.4 Å². The summed E-state index contributed by atoms with van der Waals surface area (Å²) in [6.45, 7) is 10.00. The molecule has 0 spiro atoms. The molecule has 0 atom stereocenters. The van der Waals surface area contributed by atoms with E-state index in [0.29, 0.717) is 12.8 Å². The first-order valence-corrected chi connectivity index (χ1v) is 8.10. The van der Waals surface area contributed by atoms with Gasteiger partial charge in [-0.15, -0.1) is 0 Å². The molecule has 0 saturated heterocycles. The molecule has 0 bridgehead atoms. The minimum atomic E-state index is 0.0456. The van der Waals surface area contributed by atoms with E-state index in [-0.39, 0.29) is 22.4 Å². The van der Waals surface area contributed by atoms with Gasteiger partial charge < -0.3 is 10.6 Å². The molecule has 4 heteroatoms. The molecule has 0 aromatic carbocycles. The zero-order valence-electron chi connectivity index (χ0n) is 14.2. The van der Waals surface area contributed by atoms with Crippen LogP contribution in [-0.2, 0) is 9.59 Å². The third-order valence-electron chi connectivity index (χ3n) is 4.14. The normalized spacial score (nSPS) is 23.6. The highest BCUT2D eigenvalue weighted by molar-refractivity contribution is 5.92. The minimum Gasteiger partial charge on any atom is -0.386 e. The zero-order chi connectivity index (χ0) is 16.4. The first-order chi connectivity index (χ1) is 10.2. The summed E-state index contributed by atoms with van der Waals surface area (Å²) in [5.41, 5.74) is 2.14. The number of hydrogen-bond donors (Lipinski definition) is 2. The van der Waals surface area contributed by atoms with Gasteiger partial charge in [-0.3, -0.25) is 9.59 Å². The highest BCUT2D eigenvalue weighted by Crippen LogP contribution is 2.33. The Kier molecular flexibility index (Phi) is 4.78. The number of ketones is 2. The van der Waals surface area contributed by atoms with Crippen LogP contribution < -0.4 is 10.6 Å². The second-order valence-corrected chi connectivity index (χ2v) is 8.16. The molecule has 0 amide bonds. The van der Waals surface area contributed by atoms with Crippen LogP contribution >= 0.6 is 0 Å². The number of carbonyl (C=O) groups is 2. The van der Waals surface area contributed by atoms with Crippen molar-refractivity contribution in [2.75, 3.05) is 13.1 Å². The summed E-state index contributed by atoms with van der Waals surface area (Å²) < 4.78 is 0. The van der Waals surface area contributed by atoms with E-state index >= 15 is 0 Å². The van der Waals surface area contributed by atoms with Crippen molar-refractivity contribution in [3.05, 3.63) is 23.5 Å². The largest absolute Gasteiger partial charge is 0.386 e. The van der Waals surface area contributed by atoms with E-state index in [4.69, 9.17) is 0 Å². The van der Waals surface area contributed by atoms with E-state index in [1.54, 1.807) is 12.2 Å². The predicted molar refractivity (Wildman–Crippen MR) is 88.2 cm³/mol. The lowest BCUT2D eigenvalue weighted by molar-refractivity contribution is -0.118. The Balaban J connectivity index is 1.78. The van der Waals surface area contributed by atoms with E-state index < -0.39 is 0 Å². The summed E-state index contributed by atoms with van der Waals surface area (Å²) in [6, 6.07) is 0. The maximum Gasteiger partial charge on any atom is 0.157 e. The fourth-order valence-corrected chi connectivity index (χ4v) is 3.37. The lowest BCUT2D eigenvalue weighted by Gasteiger charge is -2.30. The molecule has 22 heavy (non-hydrogen) atoms. The van der Waals surface area contributed by atoms with Crippen molar-refractivity contribution in [3.63, 3.8) is 0 Å². The molecule has 4 nitrogen and oxygen atoms in total. The van der Waals surface area contributed by atoms with E-state index in [1.807, 2.05) is 0 Å². The van der Waals surface area contributed by atoms with Gasteiger partial charge in [0.05, 0.1) is 0 Å². The van der Waals surface area contributed by atoms with Crippen LogP contribution in [0.3, 0.4) is 0 Å². The van der Waals surface area contributed by atoms with E-state index in [1.165, 1.54) is 0 Å². The topological polar surface area (TPSA) is 58.2 Å². The zero-order valence-corrected chi connectivity index (χ0v) is 14.2. The number of rotatable bonds is 5. The van der Waals surface area contributed by atoms with Crippen LogP contribution in [0.4, 0.5) is 0 Å². The van der Waals surface area contributed by atoms with Gasteiger partial charge in [-0.05, 0) is 23.7 Å². The Morgan fingerprint density at radius 3 is 1.45 bits per heavy atom. The fourth-order valence-electron chi connectivity index (χ4n) is 3.37. The van der Waals surface area contributed by atoms with Crippen molar-refractivity contribution in [3.8, 4) is 0 Å². The number of allylic oxidation sites excluding steroid dienone is 4. The molecule has 2 rings (SSSR count). The maximum absolute atomic E-state index is 11.7. The summed E-state index contributed by atoms with van der Waals surface area (Å²) in [5, 5.41) is 6.69. The van der Waals surface area contributed by atoms with Crippen LogP contribution in [0.2, 0.25) is 0 Å². The lowest BCUT2D eigenvalue weighted by atomic mass is 9.79. The van der Waals surface area contributed by atoms with Crippen molar-refractivity contribution in [2.24, 2.45) is 10.8 Å². The van der Waals surface area contributed by atoms with Crippen LogP contribution in [-0.4, -0.2) is 24.7 Å². The van der Waals surface area contributed by atoms with Crippen molar-refractivity contribution in [1.29, 1.82) is 0 Å². The van der Waals surface area contributed by atoms with Gasteiger partial charge in [0.15, 0.2) is 11.6 Å². The molecular formula is C18H28N2O2. The number of hydrogen-bond acceptors (Lipinski definition) is 4. The van der Waals surface area contributed by atoms with Gasteiger partial charge in [0.2, 0.25) is 0 Å². The Bertz CT molecular complexity index is 479. The van der Waals surface area contributed by atoms with Gasteiger partial charge >= 0.3 is 0 Å². The molecule has 0 aromatic rings. The van der Waals surface area contributed by atoms with Crippen LogP contribution in [0.15, 0.2) is 23.5 Å². The summed E-state index contributed by atoms with van der Waals surface area (Å²) in [4.78, 5) is 23.4. The van der Waals surface area contributed by atoms with Crippen molar-refractivity contribution in [1.82, 2.24) is 10.6 Å². The van der Waals surface area contributed by atoms with Crippen LogP contribution in [0.1, 0.15) is 53.4 Å². The first kappa shape index (κ1) is 16.8. The number of nitrogens with one attached hydrogen (secondary N) is 2. The molecule has 0 unspecified atom stereocenters. The van der Waals surface area contributed by atoms with Gasteiger partial charge in [-0.25, -0.2) is 0 Å². The highest BCUT2D eigenvalue weighted by atomic mass is 16.1. The van der Waals surface area contributed by atoms with Crippen LogP contribution in [0, 0.1) is 10.8 Å². The van der Waals surface area contributed by atoms with Gasteiger partial charge in [-0.1, -0.05) is 27.7 Å². The molecule has 122 valence electrons. The minimum absolute atomic E-state index is 0.0456. The average molecular weight is 304 g/mol. The molecule has 0 heterocycles. The molecule has 0 aliphatic heterocycles. The number of carbonyl (C=O) groups excluding carboxylic acids is 2.